The molecule has 33 heavy (non-hydrogen) atoms. The SMILES string of the molecule is C[C@@H]1CC2c3c(cc(N[C@H](C(N)=O)C4CC4)cc3C(N)[C@]2(N)c2ccc3oc(N)nc3c2)O1. The Morgan fingerprint density at radius 3 is 2.79 bits per heavy atom. The average molecular weight is 449 g/mol. The van der Waals surface area contributed by atoms with E-state index in [1.807, 2.05) is 37.3 Å². The van der Waals surface area contributed by atoms with Crippen LogP contribution in [-0.2, 0) is 10.3 Å². The number of carbonyl (C=O) groups is 1. The van der Waals surface area contributed by atoms with Crippen molar-refractivity contribution >= 4 is 28.7 Å². The Balaban J connectivity index is 1.45. The fraction of sp³-hybridized carbons (Fsp3) is 0.417. The van der Waals surface area contributed by atoms with Crippen LogP contribution in [0.25, 0.3) is 11.1 Å². The monoisotopic (exact) mass is 448 g/mol. The molecule has 2 unspecified atom stereocenters. The highest BCUT2D eigenvalue weighted by Crippen LogP contribution is 2.59. The minimum absolute atomic E-state index is 0.0348. The molecule has 1 aliphatic heterocycles. The first-order valence-electron chi connectivity index (χ1n) is 11.4. The van der Waals surface area contributed by atoms with Gasteiger partial charge in [-0.3, -0.25) is 4.79 Å². The first-order chi connectivity index (χ1) is 15.8. The van der Waals surface area contributed by atoms with Gasteiger partial charge < -0.3 is 37.4 Å². The third-order valence-electron chi connectivity index (χ3n) is 7.47. The molecular formula is C24H28N6O3. The van der Waals surface area contributed by atoms with E-state index in [4.69, 9.17) is 32.1 Å². The molecule has 2 heterocycles. The second-order valence-corrected chi connectivity index (χ2v) is 9.70. The number of nitrogens with zero attached hydrogens (tertiary/aromatic N) is 1. The molecule has 1 fully saturated rings. The number of benzene rings is 2. The number of carbonyl (C=O) groups excluding carboxylic acids is 1. The molecular weight excluding hydrogens is 420 g/mol. The number of hydrogen-bond donors (Lipinski definition) is 5. The van der Waals surface area contributed by atoms with E-state index >= 15 is 0 Å². The van der Waals surface area contributed by atoms with Crippen molar-refractivity contribution < 1.29 is 13.9 Å². The van der Waals surface area contributed by atoms with E-state index < -0.39 is 17.6 Å². The number of hydrogen-bond acceptors (Lipinski definition) is 8. The van der Waals surface area contributed by atoms with E-state index in [1.165, 1.54) is 0 Å². The smallest absolute Gasteiger partial charge is 0.292 e. The van der Waals surface area contributed by atoms with E-state index in [1.54, 1.807) is 0 Å². The first-order valence-corrected chi connectivity index (χ1v) is 11.4. The zero-order valence-corrected chi connectivity index (χ0v) is 18.4. The summed E-state index contributed by atoms with van der Waals surface area (Å²) < 4.78 is 11.7. The van der Waals surface area contributed by atoms with Crippen molar-refractivity contribution in [3.8, 4) is 5.75 Å². The van der Waals surface area contributed by atoms with Crippen LogP contribution in [0.1, 0.15) is 54.8 Å². The standard InChI is InChI=1S/C24H28N6O3/c1-10-6-15-19-14(8-13(9-18(19)32-10)29-20(22(26)31)11-2-3-11)21(25)24(15,28)12-4-5-17-16(7-12)30-23(27)33-17/h4-5,7-11,15,20-21,29H,2-3,6,25,28H2,1H3,(H2,26,31)(H2,27,30)/t10-,15?,20+,21?,24+/m1/s1. The van der Waals surface area contributed by atoms with Crippen molar-refractivity contribution in [1.29, 1.82) is 0 Å². The summed E-state index contributed by atoms with van der Waals surface area (Å²) in [5, 5.41) is 3.33. The summed E-state index contributed by atoms with van der Waals surface area (Å²) in [7, 11) is 0. The molecule has 9 N–H and O–H groups in total. The molecule has 0 radical (unpaired) electrons. The predicted octanol–water partition coefficient (Wildman–Crippen LogP) is 2.21. The maximum Gasteiger partial charge on any atom is 0.292 e. The number of amides is 1. The minimum Gasteiger partial charge on any atom is -0.490 e. The molecule has 9 heteroatoms. The number of oxazole rings is 1. The van der Waals surface area contributed by atoms with Crippen LogP contribution in [0.3, 0.4) is 0 Å². The fourth-order valence-corrected chi connectivity index (χ4v) is 5.71. The normalized spacial score (nSPS) is 28.9. The lowest BCUT2D eigenvalue weighted by molar-refractivity contribution is -0.119. The molecule has 3 aromatic rings. The lowest BCUT2D eigenvalue weighted by Crippen LogP contribution is -2.48. The summed E-state index contributed by atoms with van der Waals surface area (Å²) in [6, 6.07) is 8.85. The molecule has 6 rings (SSSR count). The summed E-state index contributed by atoms with van der Waals surface area (Å²) in [5.74, 6) is 0.639. The Morgan fingerprint density at radius 1 is 1.27 bits per heavy atom. The fourth-order valence-electron chi connectivity index (χ4n) is 5.71. The van der Waals surface area contributed by atoms with Gasteiger partial charge in [-0.2, -0.15) is 4.98 Å². The molecule has 1 aromatic heterocycles. The van der Waals surface area contributed by atoms with Gasteiger partial charge in [0.25, 0.3) is 6.01 Å². The Labute approximate surface area is 190 Å². The third-order valence-corrected chi connectivity index (χ3v) is 7.47. The second kappa shape index (κ2) is 6.85. The summed E-state index contributed by atoms with van der Waals surface area (Å²) in [6.07, 6.45) is 2.69. The van der Waals surface area contributed by atoms with Crippen LogP contribution < -0.4 is 33.0 Å². The molecule has 1 saturated carbocycles. The maximum atomic E-state index is 12.0. The topological polar surface area (TPSA) is 168 Å². The van der Waals surface area contributed by atoms with Gasteiger partial charge in [-0.25, -0.2) is 0 Å². The highest BCUT2D eigenvalue weighted by molar-refractivity contribution is 5.84. The van der Waals surface area contributed by atoms with Crippen molar-refractivity contribution in [2.75, 3.05) is 11.1 Å². The van der Waals surface area contributed by atoms with Gasteiger partial charge in [0, 0.05) is 23.2 Å². The van der Waals surface area contributed by atoms with E-state index in [9.17, 15) is 4.79 Å². The quantitative estimate of drug-likeness (QED) is 0.396. The number of nitrogen functional groups attached to an aromatic ring is 1. The lowest BCUT2D eigenvalue weighted by atomic mass is 9.74. The largest absolute Gasteiger partial charge is 0.490 e. The van der Waals surface area contributed by atoms with Crippen molar-refractivity contribution in [3.05, 3.63) is 47.0 Å². The summed E-state index contributed by atoms with van der Waals surface area (Å²) in [6.45, 7) is 2.03. The number of fused-ring (bicyclic) bond motifs is 1. The first kappa shape index (κ1) is 20.3. The molecule has 1 amide bonds. The zero-order chi connectivity index (χ0) is 23.1. The molecule has 9 nitrogen and oxygen atoms in total. The van der Waals surface area contributed by atoms with Gasteiger partial charge in [0.1, 0.15) is 17.3 Å². The molecule has 2 aliphatic carbocycles. The number of anilines is 2. The lowest BCUT2D eigenvalue weighted by Gasteiger charge is -2.39. The zero-order valence-electron chi connectivity index (χ0n) is 18.4. The van der Waals surface area contributed by atoms with Gasteiger partial charge in [0.15, 0.2) is 5.58 Å². The number of aromatic nitrogens is 1. The highest BCUT2D eigenvalue weighted by atomic mass is 16.5. The number of primary amides is 1. The molecule has 3 aliphatic rings. The number of ether oxygens (including phenoxy) is 1. The Morgan fingerprint density at radius 2 is 2.06 bits per heavy atom. The predicted molar refractivity (Wildman–Crippen MR) is 124 cm³/mol. The van der Waals surface area contributed by atoms with Crippen LogP contribution >= 0.6 is 0 Å². The maximum absolute atomic E-state index is 12.0. The van der Waals surface area contributed by atoms with Crippen LogP contribution in [0.2, 0.25) is 0 Å². The van der Waals surface area contributed by atoms with E-state index in [0.717, 1.165) is 47.4 Å². The minimum atomic E-state index is -0.866. The molecule has 2 aromatic carbocycles. The summed E-state index contributed by atoms with van der Waals surface area (Å²) in [5.41, 5.74) is 29.5. The van der Waals surface area contributed by atoms with Gasteiger partial charge in [-0.05, 0) is 61.4 Å². The number of rotatable bonds is 5. The Hall–Kier alpha value is -3.30. The van der Waals surface area contributed by atoms with Crippen LogP contribution in [-0.4, -0.2) is 23.0 Å². The van der Waals surface area contributed by atoms with Gasteiger partial charge >= 0.3 is 0 Å². The van der Waals surface area contributed by atoms with Gasteiger partial charge in [-0.1, -0.05) is 6.07 Å². The number of nitrogens with one attached hydrogen (secondary N) is 1. The van der Waals surface area contributed by atoms with Crippen LogP contribution in [0.4, 0.5) is 11.7 Å². The highest BCUT2D eigenvalue weighted by Gasteiger charge is 2.54. The van der Waals surface area contributed by atoms with Crippen LogP contribution in [0, 0.1) is 5.92 Å². The Bertz CT molecular complexity index is 1280. The second-order valence-electron chi connectivity index (χ2n) is 9.70. The van der Waals surface area contributed by atoms with E-state index in [-0.39, 0.29) is 29.9 Å². The van der Waals surface area contributed by atoms with Crippen molar-refractivity contribution in [1.82, 2.24) is 4.98 Å². The molecule has 0 bridgehead atoms. The van der Waals surface area contributed by atoms with Crippen molar-refractivity contribution in [2.24, 2.45) is 23.1 Å². The van der Waals surface area contributed by atoms with Crippen molar-refractivity contribution in [2.45, 2.75) is 55.8 Å². The molecule has 5 atom stereocenters. The third kappa shape index (κ3) is 2.99. The molecule has 0 saturated heterocycles. The Kier molecular flexibility index (Phi) is 4.22. The number of nitrogens with two attached hydrogens (primary N) is 4. The summed E-state index contributed by atoms with van der Waals surface area (Å²) in [4.78, 5) is 16.3. The van der Waals surface area contributed by atoms with Gasteiger partial charge in [0.05, 0.1) is 17.7 Å². The van der Waals surface area contributed by atoms with Gasteiger partial charge in [-0.15, -0.1) is 0 Å². The van der Waals surface area contributed by atoms with E-state index in [0.29, 0.717) is 11.1 Å². The van der Waals surface area contributed by atoms with Crippen molar-refractivity contribution in [3.63, 3.8) is 0 Å². The van der Waals surface area contributed by atoms with Crippen LogP contribution in [0.5, 0.6) is 5.75 Å². The summed E-state index contributed by atoms with van der Waals surface area (Å²) >= 11 is 0. The van der Waals surface area contributed by atoms with Crippen LogP contribution in [0.15, 0.2) is 34.7 Å². The molecule has 172 valence electrons. The van der Waals surface area contributed by atoms with E-state index in [2.05, 4.69) is 10.3 Å². The van der Waals surface area contributed by atoms with Gasteiger partial charge in [0.2, 0.25) is 5.91 Å². The molecule has 0 spiro atoms. The average Bonchev–Trinajstić information content (AvgIpc) is 3.50.